The van der Waals surface area contributed by atoms with E-state index in [9.17, 15) is 43.2 Å². The van der Waals surface area contributed by atoms with Crippen molar-refractivity contribution in [1.29, 1.82) is 0 Å². The van der Waals surface area contributed by atoms with E-state index in [-0.39, 0.29) is 85.2 Å². The van der Waals surface area contributed by atoms with Crippen LogP contribution in [0.4, 0.5) is 0 Å². The van der Waals surface area contributed by atoms with Crippen molar-refractivity contribution in [1.82, 2.24) is 10.6 Å². The number of aryl methyl sites for hydroxylation is 3. The quantitative estimate of drug-likeness (QED) is 0.0139. The molecule has 1 heterocycles. The van der Waals surface area contributed by atoms with Crippen LogP contribution in [0.2, 0.25) is 0 Å². The van der Waals surface area contributed by atoms with Gasteiger partial charge in [-0.15, -0.1) is 17.9 Å². The molecule has 4 rings (SSSR count). The predicted octanol–water partition coefficient (Wildman–Crippen LogP) is 9.09. The highest BCUT2D eigenvalue weighted by Crippen LogP contribution is 2.24. The molecule has 498 valence electrons. The number of aliphatic hydroxyl groups excluding tert-OH is 2. The van der Waals surface area contributed by atoms with Gasteiger partial charge < -0.3 is 64.5 Å². The Labute approximate surface area is 532 Å². The van der Waals surface area contributed by atoms with Crippen molar-refractivity contribution in [2.45, 2.75) is 146 Å². The first-order chi connectivity index (χ1) is 41.6. The molecule has 0 spiro atoms. The molecule has 3 aromatic carbocycles. The van der Waals surface area contributed by atoms with Gasteiger partial charge >= 0.3 is 35.8 Å². The summed E-state index contributed by atoms with van der Waals surface area (Å²) in [5, 5.41) is 22.6. The number of nitrogens with one attached hydrogen (secondary N) is 2. The molecular formula is C62H92ClN3O21P2. The lowest BCUT2D eigenvalue weighted by Gasteiger charge is -2.19. The van der Waals surface area contributed by atoms with E-state index in [4.69, 9.17) is 70.6 Å². The summed E-state index contributed by atoms with van der Waals surface area (Å²) in [5.41, 5.74) is 8.53. The zero-order chi connectivity index (χ0) is 67.8. The number of rotatable bonds is 24. The van der Waals surface area contributed by atoms with Gasteiger partial charge in [-0.3, -0.25) is 38.4 Å². The van der Waals surface area contributed by atoms with Gasteiger partial charge in [0.05, 0.1) is 63.0 Å². The summed E-state index contributed by atoms with van der Waals surface area (Å²) in [6, 6.07) is 14.6. The fourth-order valence-corrected chi connectivity index (χ4v) is 6.55. The number of hydrogen-bond acceptors (Lipinski definition) is 22. The third-order valence-electron chi connectivity index (χ3n) is 10.4. The number of nitrogens with two attached hydrogens (primary N) is 1. The van der Waals surface area contributed by atoms with Gasteiger partial charge in [-0.05, 0) is 119 Å². The Hall–Kier alpha value is -7.14. The van der Waals surface area contributed by atoms with Crippen LogP contribution in [-0.4, -0.2) is 134 Å². The van der Waals surface area contributed by atoms with Crippen molar-refractivity contribution in [3.8, 4) is 17.2 Å². The van der Waals surface area contributed by atoms with Crippen molar-refractivity contribution < 1.29 is 91.3 Å². The van der Waals surface area contributed by atoms with E-state index in [2.05, 4.69) is 33.2 Å². The van der Waals surface area contributed by atoms with Gasteiger partial charge in [-0.1, -0.05) is 82.9 Å². The van der Waals surface area contributed by atoms with Gasteiger partial charge in [0.1, 0.15) is 29.4 Å². The van der Waals surface area contributed by atoms with Crippen LogP contribution in [0.25, 0.3) is 0 Å². The molecule has 5 atom stereocenters. The summed E-state index contributed by atoms with van der Waals surface area (Å²) in [7, 11) is 5.94. The van der Waals surface area contributed by atoms with Crippen molar-refractivity contribution >= 4 is 82.3 Å². The number of esters is 6. The molecule has 1 fully saturated rings. The molecule has 0 saturated carbocycles. The minimum absolute atomic E-state index is 0. The molecule has 24 nitrogen and oxygen atoms in total. The minimum Gasteiger partial charge on any atom is -0.465 e. The van der Waals surface area contributed by atoms with Gasteiger partial charge in [-0.25, -0.2) is 4.79 Å². The largest absolute Gasteiger partial charge is 0.465 e. The zero-order valence-corrected chi connectivity index (χ0v) is 55.2. The normalized spacial score (nSPS) is 12.9. The number of benzene rings is 3. The standard InChI is InChI=1S/C25H33NO7.C13H17NO5.C11H12O4.C6H9ClO.C6H13NO2.CH4.O2.H4P2/c1-5-7-9-11-23(28)31-17-20(33-24(29)12-10-8-6-2)16-26-25(30)21-14-13-18(3)15-22(21)32-19(4)27;1-8-3-4-11(12(5-8)19-9(2)16)13(18)14-6-10(17)7-15;1-7-4-5-9(11(13)14-3)10(6-7)15-8(2)12;1-2-3-4-5-6(7)8;1-6(2)8-4-5(3-7)9-6;;2*1-2/h7-10,13-15,20H,5-6,11-12,16-17H2,1-4H3,(H,26,30);3-5,10,15,17H,6-7H2,1-2H3,(H,14,18);4-6H,1-3H3;3-4H,2,5H2,1H3;5H,3-4,7H2,1-2H3;1H4;;1-2H2/b9-7-,10-8-;;;4-3-;;;;. The maximum atomic E-state index is 12.7. The number of methoxy groups -OCH3 is 1. The molecule has 89 heavy (non-hydrogen) atoms. The molecule has 1 aliphatic rings. The molecule has 1 saturated heterocycles. The fraction of sp³-hybridized carbons (Fsp3) is 0.468. The summed E-state index contributed by atoms with van der Waals surface area (Å²) < 4.78 is 40.8. The Morgan fingerprint density at radius 2 is 1.07 bits per heavy atom. The smallest absolute Gasteiger partial charge is 0.341 e. The number of ether oxygens (including phenoxy) is 8. The fourth-order valence-electron chi connectivity index (χ4n) is 6.46. The van der Waals surface area contributed by atoms with Crippen LogP contribution in [0, 0.1) is 30.7 Å². The number of allylic oxidation sites excluding steroid dienone is 4. The summed E-state index contributed by atoms with van der Waals surface area (Å²) in [4.78, 5) is 117. The lowest BCUT2D eigenvalue weighted by Crippen LogP contribution is -2.38. The van der Waals surface area contributed by atoms with E-state index in [0.717, 1.165) is 36.0 Å². The molecule has 5 unspecified atom stereocenters. The van der Waals surface area contributed by atoms with E-state index in [0.29, 0.717) is 19.6 Å². The Balaban J connectivity index is -0.000000546. The number of halogens is 1. The zero-order valence-electron chi connectivity index (χ0n) is 52.1. The van der Waals surface area contributed by atoms with E-state index in [1.165, 1.54) is 33.9 Å². The molecule has 3 aromatic rings. The maximum absolute atomic E-state index is 12.7. The highest BCUT2D eigenvalue weighted by atomic mass is 35.5. The first-order valence-electron chi connectivity index (χ1n) is 27.5. The molecule has 1 aliphatic heterocycles. The van der Waals surface area contributed by atoms with Crippen molar-refractivity contribution in [3.05, 3.63) is 134 Å². The van der Waals surface area contributed by atoms with Gasteiger partial charge in [0.2, 0.25) is 5.24 Å². The van der Waals surface area contributed by atoms with E-state index < -0.39 is 72.2 Å². The van der Waals surface area contributed by atoms with Crippen LogP contribution >= 0.6 is 29.5 Å². The third-order valence-corrected chi connectivity index (χ3v) is 10.5. The monoisotopic (exact) mass is 1310 g/mol. The first-order valence-corrected chi connectivity index (χ1v) is 30.5. The summed E-state index contributed by atoms with van der Waals surface area (Å²) in [6.07, 6.45) is 12.1. The molecule has 0 aromatic heterocycles. The van der Waals surface area contributed by atoms with Crippen LogP contribution < -0.4 is 30.6 Å². The van der Waals surface area contributed by atoms with Crippen LogP contribution in [0.5, 0.6) is 17.2 Å². The van der Waals surface area contributed by atoms with Gasteiger partial charge in [0.25, 0.3) is 11.8 Å². The Kier molecular flexibility index (Phi) is 52.3. The van der Waals surface area contributed by atoms with Crippen molar-refractivity contribution in [2.24, 2.45) is 5.73 Å². The van der Waals surface area contributed by atoms with E-state index in [1.54, 1.807) is 73.7 Å². The summed E-state index contributed by atoms with van der Waals surface area (Å²) in [5.74, 6) is -3.91. The SMILES string of the molecule is C.CC(=O)Oc1cc(C)ccc1C(=O)NCC(O)CO.CC/C=C\CC(=O)Cl.CC/C=C\CC(=O)OCC(CNC(=O)c1ccc(C)cc1OC(C)=O)OC(=O)C/C=C\CC.CC1(C)OCC(CN)O1.COC(=O)c1ccc(C)cc1OC(C)=O.O=O.PP. The van der Waals surface area contributed by atoms with Gasteiger partial charge in [-0.2, -0.15) is 0 Å². The van der Waals surface area contributed by atoms with Crippen LogP contribution in [0.3, 0.4) is 0 Å². The molecule has 27 heteroatoms. The average Bonchev–Trinajstić information content (AvgIpc) is 4.00. The molecule has 2 amide bonds. The summed E-state index contributed by atoms with van der Waals surface area (Å²) >= 11 is 5.02. The summed E-state index contributed by atoms with van der Waals surface area (Å²) in [6.45, 7) is 19.3. The molecular weight excluding hydrogens is 1220 g/mol. The van der Waals surface area contributed by atoms with Crippen molar-refractivity contribution in [2.75, 3.05) is 46.6 Å². The topological polar surface area (TPSA) is 352 Å². The number of aliphatic hydroxyl groups is 2. The Morgan fingerprint density at radius 3 is 1.42 bits per heavy atom. The average molecular weight is 1310 g/mol. The van der Waals surface area contributed by atoms with E-state index in [1.807, 2.05) is 66.7 Å². The molecule has 0 bridgehead atoms. The molecule has 0 radical (unpaired) electrons. The number of amides is 2. The number of hydrogen-bond donors (Lipinski definition) is 5. The van der Waals surface area contributed by atoms with Crippen LogP contribution in [-0.2, 0) is 52.5 Å². The van der Waals surface area contributed by atoms with Crippen molar-refractivity contribution in [3.63, 3.8) is 0 Å². The van der Waals surface area contributed by atoms with Crippen LogP contribution in [0.1, 0.15) is 149 Å². The Morgan fingerprint density at radius 1 is 0.674 bits per heavy atom. The van der Waals surface area contributed by atoms with Gasteiger partial charge in [0.15, 0.2) is 11.9 Å². The maximum Gasteiger partial charge on any atom is 0.341 e. The van der Waals surface area contributed by atoms with Gasteiger partial charge in [0, 0.05) is 50.2 Å². The highest BCUT2D eigenvalue weighted by molar-refractivity contribution is 7.92. The number of carbonyl (C=O) groups excluding carboxylic acids is 9. The third kappa shape index (κ3) is 44.0. The molecule has 0 aliphatic carbocycles. The first kappa shape index (κ1) is 88.3. The molecule has 6 N–H and O–H groups in total. The number of carbonyl (C=O) groups is 9. The van der Waals surface area contributed by atoms with E-state index >= 15 is 0 Å². The van der Waals surface area contributed by atoms with Crippen LogP contribution in [0.15, 0.2) is 91.1 Å². The lowest BCUT2D eigenvalue weighted by molar-refractivity contribution is -0.157. The Bertz CT molecular complexity index is 2720. The second-order valence-corrected chi connectivity index (χ2v) is 19.0. The minimum atomic E-state index is -1.02. The second kappa shape index (κ2) is 52.8. The lowest BCUT2D eigenvalue weighted by atomic mass is 10.1. The predicted molar refractivity (Wildman–Crippen MR) is 347 cm³/mol. The highest BCUT2D eigenvalue weighted by Gasteiger charge is 2.31. The second-order valence-electron chi connectivity index (χ2n) is 18.6.